The molecule has 0 bridgehead atoms. The number of rotatable bonds is 5. The Balaban J connectivity index is 2.06. The molecule has 0 aliphatic carbocycles. The van der Waals surface area contributed by atoms with Gasteiger partial charge in [-0.1, -0.05) is 37.6 Å². The van der Waals surface area contributed by atoms with E-state index >= 15 is 0 Å². The van der Waals surface area contributed by atoms with Crippen LogP contribution in [0.4, 0.5) is 4.39 Å². The van der Waals surface area contributed by atoms with Crippen LogP contribution in [0.3, 0.4) is 0 Å². The minimum Gasteiger partial charge on any atom is -0.423 e. The van der Waals surface area contributed by atoms with Gasteiger partial charge in [0, 0.05) is 6.07 Å². The Labute approximate surface area is 134 Å². The standard InChI is InChI=1S/C19H16FNO2/c1-2-3-4-5-14-6-8-15(9-7-14)19(22)23-17-11-10-16(13-21)18(20)12-17/h4-12H,2-3H2,1H3/b5-4+. The highest BCUT2D eigenvalue weighted by atomic mass is 19.1. The van der Waals surface area contributed by atoms with Crippen LogP contribution in [-0.4, -0.2) is 5.97 Å². The van der Waals surface area contributed by atoms with E-state index in [1.807, 2.05) is 18.2 Å². The van der Waals surface area contributed by atoms with Crippen molar-refractivity contribution in [2.75, 3.05) is 0 Å². The molecule has 0 heterocycles. The second-order valence-electron chi connectivity index (χ2n) is 4.96. The van der Waals surface area contributed by atoms with E-state index in [9.17, 15) is 9.18 Å². The third kappa shape index (κ3) is 4.52. The van der Waals surface area contributed by atoms with Gasteiger partial charge in [-0.05, 0) is 36.2 Å². The third-order valence-corrected chi connectivity index (χ3v) is 3.18. The zero-order valence-electron chi connectivity index (χ0n) is 12.8. The number of carbonyl (C=O) groups excluding carboxylic acids is 1. The summed E-state index contributed by atoms with van der Waals surface area (Å²) in [6.07, 6.45) is 6.16. The Bertz CT molecular complexity index is 758. The molecule has 0 saturated heterocycles. The van der Waals surface area contributed by atoms with Crippen molar-refractivity contribution < 1.29 is 13.9 Å². The Morgan fingerprint density at radius 2 is 2.00 bits per heavy atom. The monoisotopic (exact) mass is 309 g/mol. The summed E-state index contributed by atoms with van der Waals surface area (Å²) in [6.45, 7) is 2.11. The largest absolute Gasteiger partial charge is 0.423 e. The summed E-state index contributed by atoms with van der Waals surface area (Å²) >= 11 is 0. The van der Waals surface area contributed by atoms with Gasteiger partial charge in [0.05, 0.1) is 11.1 Å². The summed E-state index contributed by atoms with van der Waals surface area (Å²) in [5.74, 6) is -1.22. The Hall–Kier alpha value is -2.93. The fourth-order valence-corrected chi connectivity index (χ4v) is 1.93. The molecule has 2 aromatic carbocycles. The number of nitrogens with zero attached hydrogens (tertiary/aromatic N) is 1. The van der Waals surface area contributed by atoms with Crippen molar-refractivity contribution in [1.29, 1.82) is 5.26 Å². The van der Waals surface area contributed by atoms with Crippen LogP contribution < -0.4 is 4.74 Å². The molecule has 0 unspecified atom stereocenters. The second-order valence-corrected chi connectivity index (χ2v) is 4.96. The van der Waals surface area contributed by atoms with Crippen molar-refractivity contribution in [3.63, 3.8) is 0 Å². The SMILES string of the molecule is CCC/C=C/c1ccc(C(=O)Oc2ccc(C#N)c(F)c2)cc1. The summed E-state index contributed by atoms with van der Waals surface area (Å²) in [5.41, 5.74) is 1.29. The molecule has 0 amide bonds. The zero-order chi connectivity index (χ0) is 16.7. The maximum atomic E-state index is 13.5. The van der Waals surface area contributed by atoms with Crippen molar-refractivity contribution in [2.45, 2.75) is 19.8 Å². The zero-order valence-corrected chi connectivity index (χ0v) is 12.8. The maximum absolute atomic E-state index is 13.5. The summed E-state index contributed by atoms with van der Waals surface area (Å²) in [4.78, 5) is 12.0. The van der Waals surface area contributed by atoms with Crippen molar-refractivity contribution in [2.24, 2.45) is 0 Å². The first-order chi connectivity index (χ1) is 11.1. The molecule has 2 rings (SSSR count). The van der Waals surface area contributed by atoms with Gasteiger partial charge in [-0.2, -0.15) is 5.26 Å². The average Bonchev–Trinajstić information content (AvgIpc) is 2.56. The molecular formula is C19H16FNO2. The van der Waals surface area contributed by atoms with Gasteiger partial charge in [-0.25, -0.2) is 9.18 Å². The molecule has 0 saturated carbocycles. The Kier molecular flexibility index (Phi) is 5.65. The number of allylic oxidation sites excluding steroid dienone is 1. The summed E-state index contributed by atoms with van der Waals surface area (Å²) in [7, 11) is 0. The number of esters is 1. The lowest BCUT2D eigenvalue weighted by Gasteiger charge is -2.05. The molecule has 23 heavy (non-hydrogen) atoms. The van der Waals surface area contributed by atoms with Crippen LogP contribution in [-0.2, 0) is 0 Å². The van der Waals surface area contributed by atoms with Crippen molar-refractivity contribution in [3.8, 4) is 11.8 Å². The summed E-state index contributed by atoms with van der Waals surface area (Å²) in [5, 5.41) is 8.67. The van der Waals surface area contributed by atoms with Crippen LogP contribution in [0.25, 0.3) is 6.08 Å². The normalized spacial score (nSPS) is 10.5. The van der Waals surface area contributed by atoms with Gasteiger partial charge < -0.3 is 4.74 Å². The first kappa shape index (κ1) is 16.4. The smallest absolute Gasteiger partial charge is 0.343 e. The predicted octanol–water partition coefficient (Wildman–Crippen LogP) is 4.73. The van der Waals surface area contributed by atoms with Gasteiger partial charge in [0.15, 0.2) is 0 Å². The van der Waals surface area contributed by atoms with E-state index in [4.69, 9.17) is 10.00 Å². The van der Waals surface area contributed by atoms with Crippen molar-refractivity contribution in [3.05, 3.63) is 71.0 Å². The van der Waals surface area contributed by atoms with E-state index in [0.29, 0.717) is 5.56 Å². The van der Waals surface area contributed by atoms with E-state index in [1.54, 1.807) is 18.2 Å². The molecule has 0 aliphatic heterocycles. The molecular weight excluding hydrogens is 293 g/mol. The number of benzene rings is 2. The van der Waals surface area contributed by atoms with Crippen molar-refractivity contribution in [1.82, 2.24) is 0 Å². The first-order valence-electron chi connectivity index (χ1n) is 7.32. The van der Waals surface area contributed by atoms with E-state index in [1.165, 1.54) is 12.1 Å². The first-order valence-corrected chi connectivity index (χ1v) is 7.32. The number of carbonyl (C=O) groups is 1. The molecule has 0 atom stereocenters. The predicted molar refractivity (Wildman–Crippen MR) is 86.5 cm³/mol. The minimum atomic E-state index is -0.714. The number of hydrogen-bond donors (Lipinski definition) is 0. The van der Waals surface area contributed by atoms with Gasteiger partial charge in [0.25, 0.3) is 0 Å². The Morgan fingerprint density at radius 1 is 1.26 bits per heavy atom. The van der Waals surface area contributed by atoms with Crippen LogP contribution >= 0.6 is 0 Å². The number of nitriles is 1. The fourth-order valence-electron chi connectivity index (χ4n) is 1.93. The number of hydrogen-bond acceptors (Lipinski definition) is 3. The highest BCUT2D eigenvalue weighted by molar-refractivity contribution is 5.91. The molecule has 0 N–H and O–H groups in total. The molecule has 0 aromatic heterocycles. The lowest BCUT2D eigenvalue weighted by atomic mass is 10.1. The third-order valence-electron chi connectivity index (χ3n) is 3.18. The minimum absolute atomic E-state index is 0.0680. The van der Waals surface area contributed by atoms with Crippen LogP contribution in [0.1, 0.15) is 41.3 Å². The quantitative estimate of drug-likeness (QED) is 0.592. The van der Waals surface area contributed by atoms with Crippen LogP contribution in [0.5, 0.6) is 5.75 Å². The molecule has 116 valence electrons. The van der Waals surface area contributed by atoms with Crippen molar-refractivity contribution >= 4 is 12.0 Å². The van der Waals surface area contributed by atoms with Gasteiger partial charge >= 0.3 is 5.97 Å². The van der Waals surface area contributed by atoms with E-state index in [2.05, 4.69) is 13.0 Å². The molecule has 0 spiro atoms. The molecule has 2 aromatic rings. The van der Waals surface area contributed by atoms with E-state index in [-0.39, 0.29) is 11.3 Å². The topological polar surface area (TPSA) is 50.1 Å². The van der Waals surface area contributed by atoms with E-state index in [0.717, 1.165) is 24.5 Å². The van der Waals surface area contributed by atoms with Crippen LogP contribution in [0.15, 0.2) is 48.5 Å². The summed E-state index contributed by atoms with van der Waals surface area (Å²) in [6, 6.07) is 12.4. The Morgan fingerprint density at radius 3 is 2.61 bits per heavy atom. The fraction of sp³-hybridized carbons (Fsp3) is 0.158. The molecule has 3 nitrogen and oxygen atoms in total. The number of halogens is 1. The van der Waals surface area contributed by atoms with Gasteiger partial charge in [0.1, 0.15) is 17.6 Å². The highest BCUT2D eigenvalue weighted by Crippen LogP contribution is 2.18. The highest BCUT2D eigenvalue weighted by Gasteiger charge is 2.10. The molecule has 0 radical (unpaired) electrons. The number of ether oxygens (including phenoxy) is 1. The van der Waals surface area contributed by atoms with Crippen LogP contribution in [0, 0.1) is 17.1 Å². The van der Waals surface area contributed by atoms with Gasteiger partial charge in [-0.15, -0.1) is 0 Å². The second kappa shape index (κ2) is 7.90. The lowest BCUT2D eigenvalue weighted by Crippen LogP contribution is -2.08. The molecule has 0 fully saturated rings. The van der Waals surface area contributed by atoms with Gasteiger partial charge in [-0.3, -0.25) is 0 Å². The van der Waals surface area contributed by atoms with Crippen LogP contribution in [0.2, 0.25) is 0 Å². The maximum Gasteiger partial charge on any atom is 0.343 e. The summed E-state index contributed by atoms with van der Waals surface area (Å²) < 4.78 is 18.6. The lowest BCUT2D eigenvalue weighted by molar-refractivity contribution is 0.0734. The van der Waals surface area contributed by atoms with E-state index < -0.39 is 11.8 Å². The number of unbranched alkanes of at least 4 members (excludes halogenated alkanes) is 1. The van der Waals surface area contributed by atoms with Gasteiger partial charge in [0.2, 0.25) is 0 Å². The average molecular weight is 309 g/mol. The molecule has 4 heteroatoms. The molecule has 0 aliphatic rings.